The summed E-state index contributed by atoms with van der Waals surface area (Å²) < 4.78 is 5.50. The van der Waals surface area contributed by atoms with Crippen LogP contribution in [-0.2, 0) is 17.8 Å². The smallest absolute Gasteiger partial charge is 0.227 e. The predicted molar refractivity (Wildman–Crippen MR) is 117 cm³/mol. The monoisotopic (exact) mass is 401 g/mol. The van der Waals surface area contributed by atoms with Crippen LogP contribution in [0.2, 0.25) is 0 Å². The van der Waals surface area contributed by atoms with Crippen molar-refractivity contribution in [2.75, 3.05) is 24.0 Å². The molecule has 0 saturated carbocycles. The highest BCUT2D eigenvalue weighted by atomic mass is 16.5. The second kappa shape index (κ2) is 8.37. The van der Waals surface area contributed by atoms with Crippen LogP contribution in [0.1, 0.15) is 27.9 Å². The molecular weight excluding hydrogens is 378 g/mol. The number of hydrogen-bond donors (Lipinski definition) is 0. The Hall–Kier alpha value is -3.67. The molecule has 0 atom stereocenters. The van der Waals surface area contributed by atoms with Gasteiger partial charge in [0, 0.05) is 30.9 Å². The first-order valence-corrected chi connectivity index (χ1v) is 9.81. The highest BCUT2D eigenvalue weighted by molar-refractivity contribution is 6.00. The van der Waals surface area contributed by atoms with Gasteiger partial charge < -0.3 is 14.5 Å². The molecule has 3 aromatic rings. The lowest BCUT2D eigenvalue weighted by Crippen LogP contribution is -2.35. The molecule has 1 aliphatic heterocycles. The fourth-order valence-corrected chi connectivity index (χ4v) is 3.80. The lowest BCUT2D eigenvalue weighted by atomic mass is 9.95. The normalized spacial score (nSPS) is 13.0. The van der Waals surface area contributed by atoms with Crippen LogP contribution in [0.3, 0.4) is 0 Å². The van der Waals surface area contributed by atoms with E-state index in [1.165, 1.54) is 0 Å². The van der Waals surface area contributed by atoms with Crippen molar-refractivity contribution in [3.63, 3.8) is 0 Å². The topological polar surface area (TPSA) is 62.7 Å². The minimum Gasteiger partial charge on any atom is -0.495 e. The van der Waals surface area contributed by atoms with Gasteiger partial charge >= 0.3 is 0 Å². The van der Waals surface area contributed by atoms with Crippen molar-refractivity contribution in [3.8, 4) is 5.75 Å². The molecule has 152 valence electrons. The second-order valence-electron chi connectivity index (χ2n) is 7.20. The van der Waals surface area contributed by atoms with Crippen LogP contribution in [0, 0.1) is 0 Å². The van der Waals surface area contributed by atoms with Crippen LogP contribution in [0.15, 0.2) is 60.8 Å². The highest BCUT2D eigenvalue weighted by Gasteiger charge is 2.29. The van der Waals surface area contributed by atoms with E-state index in [0.29, 0.717) is 36.4 Å². The first kappa shape index (κ1) is 19.6. The number of benzene rings is 2. The van der Waals surface area contributed by atoms with Gasteiger partial charge in [0.25, 0.3) is 0 Å². The van der Waals surface area contributed by atoms with Crippen LogP contribution in [0.25, 0.3) is 0 Å². The van der Waals surface area contributed by atoms with Crippen molar-refractivity contribution in [2.45, 2.75) is 19.4 Å². The number of para-hydroxylation sites is 1. The Kier molecular flexibility index (Phi) is 5.48. The maximum absolute atomic E-state index is 12.7. The average molecular weight is 401 g/mol. The Morgan fingerprint density at radius 3 is 2.57 bits per heavy atom. The number of aldehydes is 1. The van der Waals surface area contributed by atoms with Gasteiger partial charge in [-0.25, -0.2) is 4.98 Å². The number of aromatic nitrogens is 1. The molecule has 0 spiro atoms. The number of methoxy groups -OCH3 is 1. The Morgan fingerprint density at radius 2 is 1.90 bits per heavy atom. The number of amides is 1. The Labute approximate surface area is 175 Å². The summed E-state index contributed by atoms with van der Waals surface area (Å²) in [5, 5.41) is 0. The number of hydrogen-bond acceptors (Lipinski definition) is 5. The van der Waals surface area contributed by atoms with E-state index in [1.807, 2.05) is 54.4 Å². The molecular formula is C24H23N3O3. The van der Waals surface area contributed by atoms with E-state index in [-0.39, 0.29) is 5.91 Å². The second-order valence-corrected chi connectivity index (χ2v) is 7.20. The number of pyridine rings is 1. The molecule has 0 saturated heterocycles. The van der Waals surface area contributed by atoms with Gasteiger partial charge in [0.05, 0.1) is 19.3 Å². The van der Waals surface area contributed by atoms with Gasteiger partial charge in [-0.1, -0.05) is 24.3 Å². The zero-order valence-corrected chi connectivity index (χ0v) is 17.0. The molecule has 6 heteroatoms. The van der Waals surface area contributed by atoms with Crippen LogP contribution < -0.4 is 14.5 Å². The summed E-state index contributed by atoms with van der Waals surface area (Å²) in [6, 6.07) is 17.4. The van der Waals surface area contributed by atoms with E-state index in [1.54, 1.807) is 30.3 Å². The summed E-state index contributed by atoms with van der Waals surface area (Å²) in [5.74, 6) is 1.42. The molecule has 0 aliphatic carbocycles. The summed E-state index contributed by atoms with van der Waals surface area (Å²) in [5.41, 5.74) is 4.09. The largest absolute Gasteiger partial charge is 0.495 e. The van der Waals surface area contributed by atoms with E-state index in [2.05, 4.69) is 4.98 Å². The molecule has 2 heterocycles. The third-order valence-electron chi connectivity index (χ3n) is 5.43. The van der Waals surface area contributed by atoms with Gasteiger partial charge in [-0.3, -0.25) is 9.59 Å². The van der Waals surface area contributed by atoms with Crippen molar-refractivity contribution >= 4 is 29.4 Å². The predicted octanol–water partition coefficient (Wildman–Crippen LogP) is 4.15. The lowest BCUT2D eigenvalue weighted by Gasteiger charge is -2.31. The molecule has 4 rings (SSSR count). The van der Waals surface area contributed by atoms with Crippen LogP contribution in [0.4, 0.5) is 17.2 Å². The van der Waals surface area contributed by atoms with E-state index in [4.69, 9.17) is 4.74 Å². The van der Waals surface area contributed by atoms with Crippen LogP contribution in [0.5, 0.6) is 5.75 Å². The maximum atomic E-state index is 12.7. The number of fused-ring (bicyclic) bond motifs is 1. The molecule has 0 N–H and O–H groups in total. The van der Waals surface area contributed by atoms with Gasteiger partial charge in [0.2, 0.25) is 5.91 Å². The number of anilines is 3. The lowest BCUT2D eigenvalue weighted by molar-refractivity contribution is -0.119. The molecule has 6 nitrogen and oxygen atoms in total. The van der Waals surface area contributed by atoms with Crippen LogP contribution in [-0.4, -0.2) is 31.3 Å². The summed E-state index contributed by atoms with van der Waals surface area (Å²) in [6.07, 6.45) is 3.52. The van der Waals surface area contributed by atoms with Crippen molar-refractivity contribution in [1.82, 2.24) is 4.98 Å². The van der Waals surface area contributed by atoms with Gasteiger partial charge in [-0.2, -0.15) is 0 Å². The third-order valence-corrected chi connectivity index (χ3v) is 5.43. The number of nitrogens with zero attached hydrogens (tertiary/aromatic N) is 3. The first-order chi connectivity index (χ1) is 14.6. The van der Waals surface area contributed by atoms with Gasteiger partial charge in [0.15, 0.2) is 0 Å². The Balaban J connectivity index is 1.62. The summed E-state index contributed by atoms with van der Waals surface area (Å²) in [6.45, 7) is 0.368. The quantitative estimate of drug-likeness (QED) is 0.581. The van der Waals surface area contributed by atoms with Crippen LogP contribution >= 0.6 is 0 Å². The number of rotatable bonds is 6. The molecule has 1 aliphatic rings. The summed E-state index contributed by atoms with van der Waals surface area (Å²) in [4.78, 5) is 32.5. The SMILES string of the molecule is COc1ccc(C=O)c2c1N(Cc1ccc(N(C)c3ccccc3)nc1)C(=O)CC2. The molecule has 0 radical (unpaired) electrons. The van der Waals surface area contributed by atoms with Gasteiger partial charge in [-0.05, 0) is 47.9 Å². The van der Waals surface area contributed by atoms with Crippen molar-refractivity contribution < 1.29 is 14.3 Å². The van der Waals surface area contributed by atoms with E-state index in [9.17, 15) is 9.59 Å². The van der Waals surface area contributed by atoms with Crippen molar-refractivity contribution in [3.05, 3.63) is 77.5 Å². The third kappa shape index (κ3) is 3.64. The Bertz CT molecular complexity index is 1070. The fraction of sp³-hybridized carbons (Fsp3) is 0.208. The zero-order valence-electron chi connectivity index (χ0n) is 17.0. The average Bonchev–Trinajstić information content (AvgIpc) is 2.80. The molecule has 1 amide bonds. The van der Waals surface area contributed by atoms with Crippen molar-refractivity contribution in [2.24, 2.45) is 0 Å². The van der Waals surface area contributed by atoms with E-state index >= 15 is 0 Å². The fourth-order valence-electron chi connectivity index (χ4n) is 3.80. The molecule has 0 bridgehead atoms. The number of carbonyl (C=O) groups is 2. The standard InChI is InChI=1S/C24H23N3O3/c1-26(19-6-4-3-5-7-19)22-12-8-17(14-25-22)15-27-23(29)13-10-20-18(16-28)9-11-21(30-2)24(20)27/h3-9,11-12,14,16H,10,13,15H2,1-2H3. The van der Waals surface area contributed by atoms with E-state index in [0.717, 1.165) is 28.9 Å². The minimum atomic E-state index is 0.00864. The maximum Gasteiger partial charge on any atom is 0.227 e. The molecule has 2 aromatic carbocycles. The molecule has 30 heavy (non-hydrogen) atoms. The minimum absolute atomic E-state index is 0.00864. The number of carbonyl (C=O) groups excluding carboxylic acids is 2. The van der Waals surface area contributed by atoms with E-state index < -0.39 is 0 Å². The highest BCUT2D eigenvalue weighted by Crippen LogP contribution is 2.39. The Morgan fingerprint density at radius 1 is 1.10 bits per heavy atom. The zero-order chi connectivity index (χ0) is 21.1. The molecule has 0 fully saturated rings. The summed E-state index contributed by atoms with van der Waals surface area (Å²) >= 11 is 0. The molecule has 0 unspecified atom stereocenters. The summed E-state index contributed by atoms with van der Waals surface area (Å²) in [7, 11) is 3.54. The number of ether oxygens (including phenoxy) is 1. The van der Waals surface area contributed by atoms with Gasteiger partial charge in [0.1, 0.15) is 17.9 Å². The van der Waals surface area contributed by atoms with Crippen molar-refractivity contribution in [1.29, 1.82) is 0 Å². The van der Waals surface area contributed by atoms with Gasteiger partial charge in [-0.15, -0.1) is 0 Å². The molecule has 1 aromatic heterocycles. The first-order valence-electron chi connectivity index (χ1n) is 9.81.